The van der Waals surface area contributed by atoms with Gasteiger partial charge < -0.3 is 15.6 Å². The molecule has 3 N–H and O–H groups in total. The predicted octanol–water partition coefficient (Wildman–Crippen LogP) is 2.54. The van der Waals surface area contributed by atoms with Gasteiger partial charge in [0.25, 0.3) is 5.91 Å². The second kappa shape index (κ2) is 5.94. The standard InChI is InChI=1S/C14H23N3O/c1-2-17-10-11(15)9-13(17)14(18)16-12-7-5-3-4-6-8-12/h9-10,12H,2-8,15H2,1H3,(H,16,18). The van der Waals surface area contributed by atoms with Crippen LogP contribution in [-0.4, -0.2) is 16.5 Å². The number of aryl methyl sites for hydroxylation is 1. The molecular formula is C14H23N3O. The van der Waals surface area contributed by atoms with Crippen LogP contribution in [0.4, 0.5) is 5.69 Å². The molecule has 0 unspecified atom stereocenters. The average molecular weight is 249 g/mol. The van der Waals surface area contributed by atoms with Crippen molar-refractivity contribution < 1.29 is 4.79 Å². The van der Waals surface area contributed by atoms with Crippen LogP contribution in [0, 0.1) is 0 Å². The molecule has 1 aromatic rings. The lowest BCUT2D eigenvalue weighted by Crippen LogP contribution is -2.35. The molecular weight excluding hydrogens is 226 g/mol. The van der Waals surface area contributed by atoms with Gasteiger partial charge in [-0.2, -0.15) is 0 Å². The van der Waals surface area contributed by atoms with Crippen molar-refractivity contribution >= 4 is 11.6 Å². The predicted molar refractivity (Wildman–Crippen MR) is 73.5 cm³/mol. The van der Waals surface area contributed by atoms with Crippen molar-refractivity contribution in [2.75, 3.05) is 5.73 Å². The first-order valence-corrected chi connectivity index (χ1v) is 6.97. The van der Waals surface area contributed by atoms with Crippen molar-refractivity contribution in [3.63, 3.8) is 0 Å². The molecule has 100 valence electrons. The quantitative estimate of drug-likeness (QED) is 0.809. The van der Waals surface area contributed by atoms with E-state index >= 15 is 0 Å². The second-order valence-corrected chi connectivity index (χ2v) is 5.11. The first-order chi connectivity index (χ1) is 8.70. The highest BCUT2D eigenvalue weighted by molar-refractivity contribution is 5.94. The molecule has 1 amide bonds. The van der Waals surface area contributed by atoms with Gasteiger partial charge in [-0.05, 0) is 25.8 Å². The summed E-state index contributed by atoms with van der Waals surface area (Å²) in [6.07, 6.45) is 9.07. The summed E-state index contributed by atoms with van der Waals surface area (Å²) in [5, 5.41) is 3.15. The van der Waals surface area contributed by atoms with Gasteiger partial charge in [0.15, 0.2) is 0 Å². The summed E-state index contributed by atoms with van der Waals surface area (Å²) in [6, 6.07) is 2.09. The summed E-state index contributed by atoms with van der Waals surface area (Å²) in [4.78, 5) is 12.2. The third kappa shape index (κ3) is 3.06. The number of nitrogen functional groups attached to an aromatic ring is 1. The Morgan fingerprint density at radius 3 is 2.67 bits per heavy atom. The molecule has 0 bridgehead atoms. The molecule has 1 aliphatic carbocycles. The van der Waals surface area contributed by atoms with Gasteiger partial charge in [0.1, 0.15) is 5.69 Å². The van der Waals surface area contributed by atoms with Gasteiger partial charge in [-0.25, -0.2) is 0 Å². The molecule has 0 atom stereocenters. The fraction of sp³-hybridized carbons (Fsp3) is 0.643. The summed E-state index contributed by atoms with van der Waals surface area (Å²) >= 11 is 0. The van der Waals surface area contributed by atoms with Gasteiger partial charge in [-0.15, -0.1) is 0 Å². The van der Waals surface area contributed by atoms with Gasteiger partial charge in [-0.3, -0.25) is 4.79 Å². The summed E-state index contributed by atoms with van der Waals surface area (Å²) < 4.78 is 1.90. The van der Waals surface area contributed by atoms with Crippen LogP contribution < -0.4 is 11.1 Å². The number of carbonyl (C=O) groups excluding carboxylic acids is 1. The van der Waals surface area contributed by atoms with Crippen molar-refractivity contribution in [1.82, 2.24) is 9.88 Å². The van der Waals surface area contributed by atoms with Gasteiger partial charge in [0.05, 0.1) is 5.69 Å². The van der Waals surface area contributed by atoms with E-state index in [2.05, 4.69) is 5.32 Å². The number of amides is 1. The Kier molecular flexibility index (Phi) is 4.28. The molecule has 1 aliphatic rings. The normalized spacial score (nSPS) is 17.4. The Hall–Kier alpha value is -1.45. The van der Waals surface area contributed by atoms with Crippen LogP contribution in [0.5, 0.6) is 0 Å². The zero-order valence-electron chi connectivity index (χ0n) is 11.1. The van der Waals surface area contributed by atoms with Crippen LogP contribution >= 0.6 is 0 Å². The Balaban J connectivity index is 2.01. The van der Waals surface area contributed by atoms with E-state index in [1.165, 1.54) is 25.7 Å². The third-order valence-corrected chi connectivity index (χ3v) is 3.68. The molecule has 2 rings (SSSR count). The number of nitrogens with one attached hydrogen (secondary N) is 1. The van der Waals surface area contributed by atoms with Gasteiger partial charge in [0.2, 0.25) is 0 Å². The zero-order chi connectivity index (χ0) is 13.0. The maximum absolute atomic E-state index is 12.2. The lowest BCUT2D eigenvalue weighted by molar-refractivity contribution is 0.0924. The first-order valence-electron chi connectivity index (χ1n) is 6.97. The largest absolute Gasteiger partial charge is 0.397 e. The minimum Gasteiger partial charge on any atom is -0.397 e. The molecule has 1 heterocycles. The molecule has 0 aliphatic heterocycles. The summed E-state index contributed by atoms with van der Waals surface area (Å²) in [6.45, 7) is 2.78. The van der Waals surface area contributed by atoms with Gasteiger partial charge in [-0.1, -0.05) is 25.7 Å². The van der Waals surface area contributed by atoms with E-state index in [4.69, 9.17) is 5.73 Å². The third-order valence-electron chi connectivity index (χ3n) is 3.68. The highest BCUT2D eigenvalue weighted by Gasteiger charge is 2.18. The molecule has 4 heteroatoms. The van der Waals surface area contributed by atoms with Crippen LogP contribution in [0.1, 0.15) is 55.9 Å². The number of hydrogen-bond acceptors (Lipinski definition) is 2. The number of anilines is 1. The van der Waals surface area contributed by atoms with Crippen LogP contribution in [0.3, 0.4) is 0 Å². The number of carbonyl (C=O) groups is 1. The number of aromatic nitrogens is 1. The van der Waals surface area contributed by atoms with Crippen molar-refractivity contribution in [2.24, 2.45) is 0 Å². The van der Waals surface area contributed by atoms with Gasteiger partial charge >= 0.3 is 0 Å². The topological polar surface area (TPSA) is 60.0 Å². The molecule has 0 spiro atoms. The average Bonchev–Trinajstić information content (AvgIpc) is 2.57. The fourth-order valence-corrected chi connectivity index (χ4v) is 2.67. The Bertz CT molecular complexity index is 403. The van der Waals surface area contributed by atoms with Crippen LogP contribution in [0.2, 0.25) is 0 Å². The summed E-state index contributed by atoms with van der Waals surface area (Å²) in [5.74, 6) is 0.0143. The van der Waals surface area contributed by atoms with Crippen molar-refractivity contribution in [3.05, 3.63) is 18.0 Å². The van der Waals surface area contributed by atoms with Crippen LogP contribution in [0.25, 0.3) is 0 Å². The first kappa shape index (κ1) is 13.0. The van der Waals surface area contributed by atoms with E-state index in [1.54, 1.807) is 6.07 Å². The van der Waals surface area contributed by atoms with E-state index in [0.29, 0.717) is 17.4 Å². The van der Waals surface area contributed by atoms with Gasteiger partial charge in [0, 0.05) is 18.8 Å². The van der Waals surface area contributed by atoms with Crippen molar-refractivity contribution in [3.8, 4) is 0 Å². The van der Waals surface area contributed by atoms with E-state index in [1.807, 2.05) is 17.7 Å². The molecule has 0 aromatic carbocycles. The molecule has 0 radical (unpaired) electrons. The number of nitrogens with zero attached hydrogens (tertiary/aromatic N) is 1. The molecule has 1 saturated carbocycles. The molecule has 1 aromatic heterocycles. The number of rotatable bonds is 3. The molecule has 1 fully saturated rings. The highest BCUT2D eigenvalue weighted by Crippen LogP contribution is 2.18. The fourth-order valence-electron chi connectivity index (χ4n) is 2.67. The highest BCUT2D eigenvalue weighted by atomic mass is 16.2. The summed E-state index contributed by atoms with van der Waals surface area (Å²) in [5.41, 5.74) is 7.09. The van der Waals surface area contributed by atoms with E-state index in [0.717, 1.165) is 19.4 Å². The SMILES string of the molecule is CCn1cc(N)cc1C(=O)NC1CCCCCC1. The van der Waals surface area contributed by atoms with E-state index in [-0.39, 0.29) is 5.91 Å². The monoisotopic (exact) mass is 249 g/mol. The molecule has 18 heavy (non-hydrogen) atoms. The number of hydrogen-bond donors (Lipinski definition) is 2. The van der Waals surface area contributed by atoms with E-state index < -0.39 is 0 Å². The summed E-state index contributed by atoms with van der Waals surface area (Å²) in [7, 11) is 0. The second-order valence-electron chi connectivity index (χ2n) is 5.11. The maximum atomic E-state index is 12.2. The minimum atomic E-state index is 0.0143. The lowest BCUT2D eigenvalue weighted by Gasteiger charge is -2.16. The maximum Gasteiger partial charge on any atom is 0.268 e. The van der Waals surface area contributed by atoms with Crippen LogP contribution in [-0.2, 0) is 6.54 Å². The van der Waals surface area contributed by atoms with Crippen molar-refractivity contribution in [2.45, 2.75) is 58.0 Å². The minimum absolute atomic E-state index is 0.0143. The lowest BCUT2D eigenvalue weighted by atomic mass is 10.1. The van der Waals surface area contributed by atoms with E-state index in [9.17, 15) is 4.79 Å². The van der Waals surface area contributed by atoms with Crippen molar-refractivity contribution in [1.29, 1.82) is 0 Å². The van der Waals surface area contributed by atoms with Crippen LogP contribution in [0.15, 0.2) is 12.3 Å². The zero-order valence-corrected chi connectivity index (χ0v) is 11.1. The Morgan fingerprint density at radius 1 is 1.39 bits per heavy atom. The number of nitrogens with two attached hydrogens (primary N) is 1. The Morgan fingerprint density at radius 2 is 2.06 bits per heavy atom. The Labute approximate surface area is 109 Å². The smallest absolute Gasteiger partial charge is 0.268 e. The molecule has 0 saturated heterocycles. The molecule has 4 nitrogen and oxygen atoms in total.